The Morgan fingerprint density at radius 2 is 1.88 bits per heavy atom. The summed E-state index contributed by atoms with van der Waals surface area (Å²) in [5, 5.41) is 0.944. The molecule has 2 aromatic heterocycles. The highest BCUT2D eigenvalue weighted by Crippen LogP contribution is 2.34. The van der Waals surface area contributed by atoms with Crippen molar-refractivity contribution in [3.8, 4) is 0 Å². The zero-order valence-electron chi connectivity index (χ0n) is 13.4. The first kappa shape index (κ1) is 15.8. The highest BCUT2D eigenvalue weighted by Gasteiger charge is 2.29. The van der Waals surface area contributed by atoms with Crippen LogP contribution in [0.5, 0.6) is 0 Å². The third kappa shape index (κ3) is 2.49. The zero-order chi connectivity index (χ0) is 17.7. The molecule has 6 nitrogen and oxygen atoms in total. The number of nitrogens with zero attached hydrogens (tertiary/aromatic N) is 2. The van der Waals surface area contributed by atoms with Crippen LogP contribution < -0.4 is 11.2 Å². The molecule has 4 rings (SSSR count). The molecule has 0 amide bonds. The number of aromatic nitrogens is 3. The molecule has 3 aromatic rings. The van der Waals surface area contributed by atoms with Gasteiger partial charge in [-0.3, -0.25) is 19.1 Å². The largest absolute Gasteiger partial charge is 0.329 e. The van der Waals surface area contributed by atoms with Crippen LogP contribution in [0.4, 0.5) is 0 Å². The summed E-state index contributed by atoms with van der Waals surface area (Å²) < 4.78 is 1.29. The normalized spacial score (nSPS) is 16.9. The van der Waals surface area contributed by atoms with Crippen LogP contribution in [0.25, 0.3) is 11.0 Å². The smallest absolute Gasteiger partial charge is 0.294 e. The molecule has 0 spiro atoms. The van der Waals surface area contributed by atoms with Crippen molar-refractivity contribution < 1.29 is 4.79 Å². The van der Waals surface area contributed by atoms with Crippen LogP contribution in [0.1, 0.15) is 33.8 Å². The fourth-order valence-corrected chi connectivity index (χ4v) is 3.57. The number of nitrogens with one attached hydrogen (secondary N) is 1. The number of hydrogen-bond acceptors (Lipinski definition) is 4. The van der Waals surface area contributed by atoms with Gasteiger partial charge < -0.3 is 0 Å². The number of benzene rings is 1. The van der Waals surface area contributed by atoms with Crippen LogP contribution in [-0.4, -0.2) is 20.3 Å². The molecule has 0 radical (unpaired) electrons. The molecular weight excluding hydrogens is 342 g/mol. The van der Waals surface area contributed by atoms with Gasteiger partial charge in [-0.1, -0.05) is 23.7 Å². The number of carbonyl (C=O) groups is 1. The minimum absolute atomic E-state index is 0.0421. The summed E-state index contributed by atoms with van der Waals surface area (Å²) in [4.78, 5) is 43.2. The quantitative estimate of drug-likeness (QED) is 0.725. The Kier molecular flexibility index (Phi) is 3.58. The van der Waals surface area contributed by atoms with Crippen molar-refractivity contribution in [2.75, 3.05) is 0 Å². The van der Waals surface area contributed by atoms with E-state index in [1.54, 1.807) is 19.2 Å². The monoisotopic (exact) mass is 355 g/mol. The molecule has 0 saturated carbocycles. The van der Waals surface area contributed by atoms with Crippen LogP contribution in [0.3, 0.4) is 0 Å². The molecule has 25 heavy (non-hydrogen) atoms. The number of aromatic amines is 1. The number of ketones is 1. The molecule has 0 bridgehead atoms. The number of rotatable bonds is 1. The number of H-pyrrole nitrogens is 1. The van der Waals surface area contributed by atoms with Crippen molar-refractivity contribution in [2.45, 2.75) is 18.8 Å². The van der Waals surface area contributed by atoms with Gasteiger partial charge in [0.2, 0.25) is 0 Å². The maximum atomic E-state index is 12.6. The van der Waals surface area contributed by atoms with Gasteiger partial charge in [-0.15, -0.1) is 0 Å². The van der Waals surface area contributed by atoms with E-state index in [-0.39, 0.29) is 17.3 Å². The van der Waals surface area contributed by atoms with E-state index < -0.39 is 11.2 Å². The number of fused-ring (bicyclic) bond motifs is 3. The third-order valence-electron chi connectivity index (χ3n) is 4.76. The molecule has 1 aliphatic rings. The molecule has 1 aromatic carbocycles. The molecule has 0 unspecified atom stereocenters. The SMILES string of the molecule is Cn1c(=O)[nH]c(=O)c2c3c(cnc21)C(=O)C[C@H](c1ccc(Cl)cc1)C3. The first-order valence-electron chi connectivity index (χ1n) is 7.85. The average molecular weight is 356 g/mol. The standard InChI is InChI=1S/C18H14ClN3O3/c1-22-16-15(17(24)21-18(22)25)12-6-10(7-14(23)13(12)8-20-16)9-2-4-11(19)5-3-9/h2-5,8,10H,6-7H2,1H3,(H,21,24,25)/t10-/m1/s1. The molecule has 0 aliphatic heterocycles. The minimum Gasteiger partial charge on any atom is -0.294 e. The van der Waals surface area contributed by atoms with Gasteiger partial charge in [0.15, 0.2) is 5.78 Å². The van der Waals surface area contributed by atoms with Crippen molar-refractivity contribution in [3.63, 3.8) is 0 Å². The summed E-state index contributed by atoms with van der Waals surface area (Å²) in [6.45, 7) is 0. The van der Waals surface area contributed by atoms with Gasteiger partial charge in [-0.2, -0.15) is 0 Å². The topological polar surface area (TPSA) is 84.8 Å². The van der Waals surface area contributed by atoms with E-state index in [4.69, 9.17) is 11.6 Å². The van der Waals surface area contributed by atoms with Gasteiger partial charge in [0, 0.05) is 30.3 Å². The predicted octanol–water partition coefficient (Wildman–Crippen LogP) is 2.19. The Balaban J connectivity index is 1.94. The maximum absolute atomic E-state index is 12.6. The van der Waals surface area contributed by atoms with E-state index in [0.29, 0.717) is 34.4 Å². The van der Waals surface area contributed by atoms with Gasteiger partial charge >= 0.3 is 5.69 Å². The van der Waals surface area contributed by atoms with E-state index in [0.717, 1.165) is 5.56 Å². The van der Waals surface area contributed by atoms with Crippen molar-refractivity contribution in [2.24, 2.45) is 7.05 Å². The number of aryl methyl sites for hydroxylation is 1. The number of hydrogen-bond donors (Lipinski definition) is 1. The molecular formula is C18H14ClN3O3. The third-order valence-corrected chi connectivity index (χ3v) is 5.01. The molecule has 0 fully saturated rings. The first-order valence-corrected chi connectivity index (χ1v) is 8.23. The fourth-order valence-electron chi connectivity index (χ4n) is 3.45. The Labute approximate surface area is 147 Å². The summed E-state index contributed by atoms with van der Waals surface area (Å²) in [7, 11) is 1.54. The van der Waals surface area contributed by atoms with Crippen molar-refractivity contribution in [3.05, 3.63) is 73.0 Å². The minimum atomic E-state index is -0.527. The summed E-state index contributed by atoms with van der Waals surface area (Å²) in [5.74, 6) is -0.0941. The second-order valence-corrected chi connectivity index (χ2v) is 6.68. The van der Waals surface area contributed by atoms with E-state index >= 15 is 0 Å². The maximum Gasteiger partial charge on any atom is 0.329 e. The Morgan fingerprint density at radius 3 is 2.60 bits per heavy atom. The predicted molar refractivity (Wildman–Crippen MR) is 94.4 cm³/mol. The van der Waals surface area contributed by atoms with Crippen molar-refractivity contribution >= 4 is 28.4 Å². The lowest BCUT2D eigenvalue weighted by molar-refractivity contribution is 0.0964. The molecule has 0 saturated heterocycles. The van der Waals surface area contributed by atoms with Gasteiger partial charge in [0.25, 0.3) is 5.56 Å². The average Bonchev–Trinajstić information content (AvgIpc) is 2.59. The van der Waals surface area contributed by atoms with E-state index in [1.807, 2.05) is 12.1 Å². The van der Waals surface area contributed by atoms with E-state index in [2.05, 4.69) is 9.97 Å². The molecule has 1 atom stereocenters. The van der Waals surface area contributed by atoms with Crippen molar-refractivity contribution in [1.29, 1.82) is 0 Å². The Hall–Kier alpha value is -2.73. The van der Waals surface area contributed by atoms with Crippen molar-refractivity contribution in [1.82, 2.24) is 14.5 Å². The number of pyridine rings is 1. The van der Waals surface area contributed by atoms with Gasteiger partial charge in [0.1, 0.15) is 5.65 Å². The molecule has 1 N–H and O–H groups in total. The van der Waals surface area contributed by atoms with Gasteiger partial charge in [-0.25, -0.2) is 9.78 Å². The molecule has 126 valence electrons. The number of carbonyl (C=O) groups excluding carboxylic acids is 1. The highest BCUT2D eigenvalue weighted by molar-refractivity contribution is 6.30. The summed E-state index contributed by atoms with van der Waals surface area (Å²) in [6, 6.07) is 7.37. The van der Waals surface area contributed by atoms with Gasteiger partial charge in [-0.05, 0) is 35.6 Å². The van der Waals surface area contributed by atoms with Crippen LogP contribution in [0, 0.1) is 0 Å². The number of halogens is 1. The first-order chi connectivity index (χ1) is 12.0. The molecule has 2 heterocycles. The highest BCUT2D eigenvalue weighted by atomic mass is 35.5. The Bertz CT molecular complexity index is 1130. The molecule has 7 heteroatoms. The van der Waals surface area contributed by atoms with E-state index in [9.17, 15) is 14.4 Å². The van der Waals surface area contributed by atoms with Crippen LogP contribution in [-0.2, 0) is 13.5 Å². The lowest BCUT2D eigenvalue weighted by atomic mass is 9.79. The Morgan fingerprint density at radius 1 is 1.16 bits per heavy atom. The number of Topliss-reactive ketones (excluding diaryl/α,β-unsaturated/α-hetero) is 1. The summed E-state index contributed by atoms with van der Waals surface area (Å²) >= 11 is 5.94. The second-order valence-electron chi connectivity index (χ2n) is 6.25. The summed E-state index contributed by atoms with van der Waals surface area (Å²) in [6.07, 6.45) is 2.35. The van der Waals surface area contributed by atoms with Crippen LogP contribution in [0.2, 0.25) is 5.02 Å². The lowest BCUT2D eigenvalue weighted by Crippen LogP contribution is -2.31. The molecule has 1 aliphatic carbocycles. The fraction of sp³-hybridized carbons (Fsp3) is 0.222. The summed E-state index contributed by atoms with van der Waals surface area (Å²) in [5.41, 5.74) is 1.36. The van der Waals surface area contributed by atoms with Crippen LogP contribution >= 0.6 is 11.6 Å². The lowest BCUT2D eigenvalue weighted by Gasteiger charge is -2.24. The second kappa shape index (κ2) is 5.67. The van der Waals surface area contributed by atoms with Crippen LogP contribution in [0.15, 0.2) is 40.1 Å². The van der Waals surface area contributed by atoms with Gasteiger partial charge in [0.05, 0.1) is 5.39 Å². The van der Waals surface area contributed by atoms with E-state index in [1.165, 1.54) is 10.8 Å². The zero-order valence-corrected chi connectivity index (χ0v) is 14.1.